The predicted molar refractivity (Wildman–Crippen MR) is 58.4 cm³/mol. The van der Waals surface area contributed by atoms with E-state index < -0.39 is 5.54 Å². The van der Waals surface area contributed by atoms with Crippen LogP contribution in [0, 0.1) is 0 Å². The summed E-state index contributed by atoms with van der Waals surface area (Å²) in [4.78, 5) is 24.2. The second-order valence-corrected chi connectivity index (χ2v) is 4.45. The molecule has 15 heavy (non-hydrogen) atoms. The van der Waals surface area contributed by atoms with Crippen LogP contribution >= 0.6 is 0 Å². The summed E-state index contributed by atoms with van der Waals surface area (Å²) < 4.78 is 0. The van der Waals surface area contributed by atoms with Gasteiger partial charge in [-0.05, 0) is 33.6 Å². The van der Waals surface area contributed by atoms with Crippen molar-refractivity contribution in [1.29, 1.82) is 0 Å². The summed E-state index contributed by atoms with van der Waals surface area (Å²) in [6, 6.07) is -0.306. The molecule has 0 aromatic rings. The highest BCUT2D eigenvalue weighted by Gasteiger charge is 2.45. The average molecular weight is 210 g/mol. The van der Waals surface area contributed by atoms with Gasteiger partial charge in [0.15, 0.2) is 0 Å². The number of likely N-dealkylation sites (N-methyl/N-ethyl adjacent to an activating group) is 1. The zero-order valence-corrected chi connectivity index (χ0v) is 9.76. The standard InChI is InChI=1S/C11H18N2O2/c1-8(2)6-5-7-11(3)9(14)13(4)10(15)12-11/h6H,5,7H2,1-4H3,(H,12,15)/t11-/m1/s1. The van der Waals surface area contributed by atoms with Crippen molar-refractivity contribution in [2.45, 2.75) is 39.2 Å². The Balaban J connectivity index is 2.65. The summed E-state index contributed by atoms with van der Waals surface area (Å²) in [6.45, 7) is 5.81. The van der Waals surface area contributed by atoms with Crippen LogP contribution in [0.15, 0.2) is 11.6 Å². The lowest BCUT2D eigenvalue weighted by Gasteiger charge is -2.19. The van der Waals surface area contributed by atoms with E-state index in [2.05, 4.69) is 11.4 Å². The molecule has 1 rings (SSSR count). The van der Waals surface area contributed by atoms with Gasteiger partial charge in [-0.2, -0.15) is 0 Å². The van der Waals surface area contributed by atoms with Gasteiger partial charge < -0.3 is 5.32 Å². The minimum absolute atomic E-state index is 0.144. The first-order valence-electron chi connectivity index (χ1n) is 5.10. The van der Waals surface area contributed by atoms with Crippen LogP contribution in [0.25, 0.3) is 0 Å². The van der Waals surface area contributed by atoms with Crippen LogP contribution in [0.2, 0.25) is 0 Å². The summed E-state index contributed by atoms with van der Waals surface area (Å²) in [6.07, 6.45) is 3.52. The number of nitrogens with zero attached hydrogens (tertiary/aromatic N) is 1. The van der Waals surface area contributed by atoms with Gasteiger partial charge >= 0.3 is 6.03 Å². The van der Waals surface area contributed by atoms with Crippen molar-refractivity contribution in [3.05, 3.63) is 11.6 Å². The smallest absolute Gasteiger partial charge is 0.323 e. The van der Waals surface area contributed by atoms with Gasteiger partial charge in [0, 0.05) is 7.05 Å². The van der Waals surface area contributed by atoms with E-state index in [1.807, 2.05) is 13.8 Å². The Hall–Kier alpha value is -1.32. The molecule has 0 saturated carbocycles. The summed E-state index contributed by atoms with van der Waals surface area (Å²) in [5, 5.41) is 2.71. The summed E-state index contributed by atoms with van der Waals surface area (Å²) in [5.74, 6) is -0.144. The molecule has 0 spiro atoms. The first-order chi connectivity index (χ1) is 6.87. The quantitative estimate of drug-likeness (QED) is 0.569. The van der Waals surface area contributed by atoms with E-state index in [1.54, 1.807) is 6.92 Å². The molecule has 0 unspecified atom stereocenters. The normalized spacial score (nSPS) is 25.5. The van der Waals surface area contributed by atoms with Crippen molar-refractivity contribution in [2.24, 2.45) is 0 Å². The fourth-order valence-electron chi connectivity index (χ4n) is 1.65. The first kappa shape index (κ1) is 11.8. The van der Waals surface area contributed by atoms with Gasteiger partial charge in [-0.1, -0.05) is 11.6 Å². The predicted octanol–water partition coefficient (Wildman–Crippen LogP) is 1.67. The van der Waals surface area contributed by atoms with Crippen LogP contribution in [0.5, 0.6) is 0 Å². The van der Waals surface area contributed by atoms with Gasteiger partial charge in [0.05, 0.1) is 0 Å². The van der Waals surface area contributed by atoms with Gasteiger partial charge in [-0.3, -0.25) is 9.69 Å². The maximum atomic E-state index is 11.7. The highest BCUT2D eigenvalue weighted by molar-refractivity contribution is 6.06. The molecule has 1 heterocycles. The fraction of sp³-hybridized carbons (Fsp3) is 0.636. The minimum atomic E-state index is -0.724. The number of nitrogens with one attached hydrogen (secondary N) is 1. The minimum Gasteiger partial charge on any atom is -0.323 e. The molecule has 84 valence electrons. The summed E-state index contributed by atoms with van der Waals surface area (Å²) in [7, 11) is 1.50. The molecule has 1 aliphatic heterocycles. The number of imide groups is 1. The molecule has 1 atom stereocenters. The molecule has 0 aliphatic carbocycles. The zero-order valence-electron chi connectivity index (χ0n) is 9.76. The number of rotatable bonds is 3. The Morgan fingerprint density at radius 1 is 1.47 bits per heavy atom. The summed E-state index contributed by atoms with van der Waals surface area (Å²) in [5.41, 5.74) is 0.501. The number of hydrogen-bond acceptors (Lipinski definition) is 2. The lowest BCUT2D eigenvalue weighted by atomic mass is 9.95. The molecule has 0 aromatic heterocycles. The van der Waals surface area contributed by atoms with E-state index >= 15 is 0 Å². The van der Waals surface area contributed by atoms with E-state index in [0.717, 1.165) is 11.3 Å². The molecule has 1 N–H and O–H groups in total. The Morgan fingerprint density at radius 3 is 2.47 bits per heavy atom. The van der Waals surface area contributed by atoms with E-state index in [1.165, 1.54) is 12.6 Å². The number of carbonyl (C=O) groups excluding carboxylic acids is 2. The molecule has 1 fully saturated rings. The van der Waals surface area contributed by atoms with Crippen molar-refractivity contribution >= 4 is 11.9 Å². The van der Waals surface area contributed by atoms with Crippen molar-refractivity contribution < 1.29 is 9.59 Å². The monoisotopic (exact) mass is 210 g/mol. The molecule has 0 bridgehead atoms. The van der Waals surface area contributed by atoms with E-state index in [0.29, 0.717) is 6.42 Å². The molecule has 4 heteroatoms. The Labute approximate surface area is 90.3 Å². The Kier molecular flexibility index (Phi) is 3.17. The number of urea groups is 1. The highest BCUT2D eigenvalue weighted by atomic mass is 16.2. The van der Waals surface area contributed by atoms with Crippen molar-refractivity contribution in [1.82, 2.24) is 10.2 Å². The molecule has 4 nitrogen and oxygen atoms in total. The SMILES string of the molecule is CC(C)=CCC[C@@]1(C)NC(=O)N(C)C1=O. The van der Waals surface area contributed by atoms with Gasteiger partial charge in [-0.15, -0.1) is 0 Å². The Bertz CT molecular complexity index is 319. The molecular formula is C11H18N2O2. The van der Waals surface area contributed by atoms with Crippen LogP contribution in [0.1, 0.15) is 33.6 Å². The van der Waals surface area contributed by atoms with Crippen LogP contribution < -0.4 is 5.32 Å². The zero-order chi connectivity index (χ0) is 11.6. The van der Waals surface area contributed by atoms with E-state index in [4.69, 9.17) is 0 Å². The van der Waals surface area contributed by atoms with Crippen molar-refractivity contribution in [3.63, 3.8) is 0 Å². The van der Waals surface area contributed by atoms with Crippen molar-refractivity contribution in [2.75, 3.05) is 7.05 Å². The van der Waals surface area contributed by atoms with Crippen LogP contribution in [0.4, 0.5) is 4.79 Å². The third-order valence-corrected chi connectivity index (χ3v) is 2.66. The van der Waals surface area contributed by atoms with Gasteiger partial charge in [0.1, 0.15) is 5.54 Å². The topological polar surface area (TPSA) is 49.4 Å². The molecule has 1 aliphatic rings. The molecular weight excluding hydrogens is 192 g/mol. The highest BCUT2D eigenvalue weighted by Crippen LogP contribution is 2.21. The molecule has 0 radical (unpaired) electrons. The maximum absolute atomic E-state index is 11.7. The van der Waals surface area contributed by atoms with Crippen LogP contribution in [-0.4, -0.2) is 29.4 Å². The second kappa shape index (κ2) is 4.04. The number of hydrogen-bond donors (Lipinski definition) is 1. The maximum Gasteiger partial charge on any atom is 0.324 e. The number of carbonyl (C=O) groups is 2. The van der Waals surface area contributed by atoms with Gasteiger partial charge in [-0.25, -0.2) is 4.79 Å². The third kappa shape index (κ3) is 2.37. The van der Waals surface area contributed by atoms with Crippen LogP contribution in [0.3, 0.4) is 0 Å². The first-order valence-corrected chi connectivity index (χ1v) is 5.10. The molecule has 1 saturated heterocycles. The fourth-order valence-corrected chi connectivity index (χ4v) is 1.65. The Morgan fingerprint density at radius 2 is 2.07 bits per heavy atom. The van der Waals surface area contributed by atoms with Crippen molar-refractivity contribution in [3.8, 4) is 0 Å². The number of amides is 3. The van der Waals surface area contributed by atoms with Crippen LogP contribution in [-0.2, 0) is 4.79 Å². The molecule has 3 amide bonds. The van der Waals surface area contributed by atoms with Gasteiger partial charge in [0.2, 0.25) is 0 Å². The molecule has 0 aromatic carbocycles. The van der Waals surface area contributed by atoms with Gasteiger partial charge in [0.25, 0.3) is 5.91 Å². The lowest BCUT2D eigenvalue weighted by Crippen LogP contribution is -2.43. The largest absolute Gasteiger partial charge is 0.324 e. The third-order valence-electron chi connectivity index (χ3n) is 2.66. The number of allylic oxidation sites excluding steroid dienone is 2. The second-order valence-electron chi connectivity index (χ2n) is 4.45. The average Bonchev–Trinajstić information content (AvgIpc) is 2.30. The summed E-state index contributed by atoms with van der Waals surface area (Å²) >= 11 is 0. The van der Waals surface area contributed by atoms with E-state index in [-0.39, 0.29) is 11.9 Å². The van der Waals surface area contributed by atoms with E-state index in [9.17, 15) is 9.59 Å². The lowest BCUT2D eigenvalue weighted by molar-refractivity contribution is -0.130.